The van der Waals surface area contributed by atoms with Gasteiger partial charge in [0.2, 0.25) is 0 Å². The van der Waals surface area contributed by atoms with Crippen molar-refractivity contribution < 1.29 is 14.2 Å². The van der Waals surface area contributed by atoms with E-state index in [4.69, 9.17) is 14.2 Å². The molecule has 1 aromatic carbocycles. The van der Waals surface area contributed by atoms with Crippen LogP contribution in [0.25, 0.3) is 0 Å². The van der Waals surface area contributed by atoms with Crippen LogP contribution in [0.3, 0.4) is 0 Å². The standard InChI is InChI=1S/C19H31N3O3.HI/c1-2-20-19(21-10-6-12-25-18-9-13-23-16-18)22-11-14-24-15-17-7-4-3-5-8-17;/h3-5,7-8,18H,2,6,9-16H2,1H3,(H2,20,21,22);1H. The first kappa shape index (κ1) is 23.1. The van der Waals surface area contributed by atoms with E-state index < -0.39 is 0 Å². The molecule has 7 heteroatoms. The Morgan fingerprint density at radius 3 is 2.81 bits per heavy atom. The Morgan fingerprint density at radius 1 is 1.23 bits per heavy atom. The summed E-state index contributed by atoms with van der Waals surface area (Å²) in [6.45, 7) is 7.95. The van der Waals surface area contributed by atoms with Gasteiger partial charge in [-0.25, -0.2) is 0 Å². The van der Waals surface area contributed by atoms with E-state index in [9.17, 15) is 0 Å². The van der Waals surface area contributed by atoms with Gasteiger partial charge in [-0.15, -0.1) is 24.0 Å². The predicted molar refractivity (Wildman–Crippen MR) is 115 cm³/mol. The summed E-state index contributed by atoms with van der Waals surface area (Å²) in [4.78, 5) is 4.56. The molecule has 6 nitrogen and oxygen atoms in total. The fraction of sp³-hybridized carbons (Fsp3) is 0.632. The van der Waals surface area contributed by atoms with Crippen molar-refractivity contribution >= 4 is 29.9 Å². The smallest absolute Gasteiger partial charge is 0.191 e. The number of nitrogens with one attached hydrogen (secondary N) is 2. The Bertz CT molecular complexity index is 482. The summed E-state index contributed by atoms with van der Waals surface area (Å²) >= 11 is 0. The molecule has 2 N–H and O–H groups in total. The second kappa shape index (κ2) is 15.2. The average Bonchev–Trinajstić information content (AvgIpc) is 3.15. The molecule has 0 aromatic heterocycles. The summed E-state index contributed by atoms with van der Waals surface area (Å²) in [5.74, 6) is 0.829. The number of hydrogen-bond donors (Lipinski definition) is 2. The molecule has 26 heavy (non-hydrogen) atoms. The van der Waals surface area contributed by atoms with Crippen LogP contribution >= 0.6 is 24.0 Å². The molecule has 1 heterocycles. The summed E-state index contributed by atoms with van der Waals surface area (Å²) in [5, 5.41) is 6.54. The van der Waals surface area contributed by atoms with E-state index in [0.717, 1.165) is 58.3 Å². The molecular formula is C19H32IN3O3. The number of nitrogens with zero attached hydrogens (tertiary/aromatic N) is 1. The zero-order valence-electron chi connectivity index (χ0n) is 15.6. The van der Waals surface area contributed by atoms with Gasteiger partial charge in [0.15, 0.2) is 5.96 Å². The van der Waals surface area contributed by atoms with E-state index in [2.05, 4.69) is 34.7 Å². The van der Waals surface area contributed by atoms with E-state index in [1.54, 1.807) is 0 Å². The largest absolute Gasteiger partial charge is 0.379 e. The van der Waals surface area contributed by atoms with Crippen molar-refractivity contribution in [2.24, 2.45) is 4.99 Å². The zero-order valence-corrected chi connectivity index (χ0v) is 17.9. The van der Waals surface area contributed by atoms with Crippen LogP contribution < -0.4 is 10.6 Å². The highest BCUT2D eigenvalue weighted by molar-refractivity contribution is 14.0. The van der Waals surface area contributed by atoms with Crippen molar-refractivity contribution in [3.8, 4) is 0 Å². The van der Waals surface area contributed by atoms with Crippen LogP contribution in [0.15, 0.2) is 35.3 Å². The van der Waals surface area contributed by atoms with Crippen LogP contribution in [0.5, 0.6) is 0 Å². The van der Waals surface area contributed by atoms with Gasteiger partial charge in [-0.3, -0.25) is 4.99 Å². The number of rotatable bonds is 11. The fourth-order valence-electron chi connectivity index (χ4n) is 2.50. The van der Waals surface area contributed by atoms with Gasteiger partial charge in [-0.2, -0.15) is 0 Å². The molecule has 0 saturated carbocycles. The SMILES string of the molecule is CCNC(=NCCCOC1CCOC1)NCCOCc1ccccc1.I. The highest BCUT2D eigenvalue weighted by Gasteiger charge is 2.15. The molecule has 0 amide bonds. The molecule has 0 aliphatic carbocycles. The Balaban J connectivity index is 0.00000338. The van der Waals surface area contributed by atoms with E-state index in [-0.39, 0.29) is 30.1 Å². The van der Waals surface area contributed by atoms with Crippen LogP contribution in [0.4, 0.5) is 0 Å². The summed E-state index contributed by atoms with van der Waals surface area (Å²) < 4.78 is 16.7. The maximum atomic E-state index is 5.74. The van der Waals surface area contributed by atoms with Gasteiger partial charge >= 0.3 is 0 Å². The summed E-state index contributed by atoms with van der Waals surface area (Å²) in [6.07, 6.45) is 2.20. The Labute approximate surface area is 174 Å². The summed E-state index contributed by atoms with van der Waals surface area (Å²) in [7, 11) is 0. The van der Waals surface area contributed by atoms with Crippen LogP contribution in [-0.2, 0) is 20.8 Å². The first-order valence-electron chi connectivity index (χ1n) is 9.21. The van der Waals surface area contributed by atoms with Gasteiger partial charge in [-0.05, 0) is 25.3 Å². The number of hydrogen-bond acceptors (Lipinski definition) is 4. The first-order valence-corrected chi connectivity index (χ1v) is 9.21. The molecule has 1 aliphatic heterocycles. The lowest BCUT2D eigenvalue weighted by molar-refractivity contribution is 0.0424. The van der Waals surface area contributed by atoms with Gasteiger partial charge in [0.25, 0.3) is 0 Å². The Hall–Kier alpha value is -0.900. The number of ether oxygens (including phenoxy) is 3. The second-order valence-electron chi connectivity index (χ2n) is 5.94. The van der Waals surface area contributed by atoms with Crippen molar-refractivity contribution in [1.82, 2.24) is 10.6 Å². The minimum Gasteiger partial charge on any atom is -0.379 e. The van der Waals surface area contributed by atoms with Gasteiger partial charge in [0, 0.05) is 32.8 Å². The summed E-state index contributed by atoms with van der Waals surface area (Å²) in [5.41, 5.74) is 1.19. The van der Waals surface area contributed by atoms with Crippen molar-refractivity contribution in [2.75, 3.05) is 46.1 Å². The minimum absolute atomic E-state index is 0. The lowest BCUT2D eigenvalue weighted by atomic mass is 10.2. The van der Waals surface area contributed by atoms with Crippen molar-refractivity contribution in [1.29, 1.82) is 0 Å². The summed E-state index contributed by atoms with van der Waals surface area (Å²) in [6, 6.07) is 10.2. The van der Waals surface area contributed by atoms with E-state index in [1.165, 1.54) is 5.56 Å². The molecule has 1 aromatic rings. The van der Waals surface area contributed by atoms with Crippen molar-refractivity contribution in [2.45, 2.75) is 32.5 Å². The zero-order chi connectivity index (χ0) is 17.6. The number of guanidine groups is 1. The van der Waals surface area contributed by atoms with E-state index >= 15 is 0 Å². The third kappa shape index (κ3) is 10.3. The number of halogens is 1. The lowest BCUT2D eigenvalue weighted by Gasteiger charge is -2.12. The van der Waals surface area contributed by atoms with E-state index in [1.807, 2.05) is 18.2 Å². The molecule has 148 valence electrons. The minimum atomic E-state index is 0. The molecule has 0 radical (unpaired) electrons. The van der Waals surface area contributed by atoms with Gasteiger partial charge in [0.05, 0.1) is 25.9 Å². The Kier molecular flexibility index (Phi) is 13.5. The first-order chi connectivity index (χ1) is 12.4. The van der Waals surface area contributed by atoms with Crippen LogP contribution in [0.1, 0.15) is 25.3 Å². The fourth-order valence-corrected chi connectivity index (χ4v) is 2.50. The van der Waals surface area contributed by atoms with Gasteiger partial charge in [0.1, 0.15) is 0 Å². The number of aliphatic imine (C=N–C) groups is 1. The maximum absolute atomic E-state index is 5.74. The van der Waals surface area contributed by atoms with Crippen LogP contribution in [-0.4, -0.2) is 58.1 Å². The monoisotopic (exact) mass is 477 g/mol. The molecule has 1 atom stereocenters. The molecule has 0 spiro atoms. The van der Waals surface area contributed by atoms with Crippen molar-refractivity contribution in [3.63, 3.8) is 0 Å². The molecule has 1 fully saturated rings. The molecule has 2 rings (SSSR count). The molecular weight excluding hydrogens is 445 g/mol. The topological polar surface area (TPSA) is 64.1 Å². The van der Waals surface area contributed by atoms with Gasteiger partial charge < -0.3 is 24.8 Å². The normalized spacial score (nSPS) is 17.0. The highest BCUT2D eigenvalue weighted by atomic mass is 127. The molecule has 1 saturated heterocycles. The Morgan fingerprint density at radius 2 is 2.08 bits per heavy atom. The average molecular weight is 477 g/mol. The lowest BCUT2D eigenvalue weighted by Crippen LogP contribution is -2.39. The molecule has 0 bridgehead atoms. The van der Waals surface area contributed by atoms with Gasteiger partial charge in [-0.1, -0.05) is 30.3 Å². The van der Waals surface area contributed by atoms with Crippen molar-refractivity contribution in [3.05, 3.63) is 35.9 Å². The second-order valence-corrected chi connectivity index (χ2v) is 5.94. The van der Waals surface area contributed by atoms with E-state index in [0.29, 0.717) is 13.2 Å². The van der Waals surface area contributed by atoms with Crippen LogP contribution in [0.2, 0.25) is 0 Å². The third-order valence-corrected chi connectivity index (χ3v) is 3.81. The van der Waals surface area contributed by atoms with Crippen LogP contribution in [0, 0.1) is 0 Å². The predicted octanol–water partition coefficient (Wildman–Crippen LogP) is 2.57. The number of benzene rings is 1. The molecule has 1 aliphatic rings. The quantitative estimate of drug-likeness (QED) is 0.222. The highest BCUT2D eigenvalue weighted by Crippen LogP contribution is 2.08. The third-order valence-electron chi connectivity index (χ3n) is 3.81. The molecule has 1 unspecified atom stereocenters. The maximum Gasteiger partial charge on any atom is 0.191 e.